The van der Waals surface area contributed by atoms with Crippen LogP contribution in [0.4, 0.5) is 0 Å². The summed E-state index contributed by atoms with van der Waals surface area (Å²) >= 11 is 0. The van der Waals surface area contributed by atoms with Gasteiger partial charge in [0.25, 0.3) is 5.56 Å². The molecule has 1 N–H and O–H groups in total. The fourth-order valence-electron chi connectivity index (χ4n) is 1.57. The number of rotatable bonds is 3. The van der Waals surface area contributed by atoms with Gasteiger partial charge in [-0.3, -0.25) is 4.79 Å². The van der Waals surface area contributed by atoms with Crippen molar-refractivity contribution in [2.24, 2.45) is 0 Å². The maximum Gasteiger partial charge on any atom is 0.251 e. The van der Waals surface area contributed by atoms with Crippen LogP contribution in [0.3, 0.4) is 0 Å². The van der Waals surface area contributed by atoms with Gasteiger partial charge in [-0.25, -0.2) is 4.98 Å². The van der Waals surface area contributed by atoms with Crippen LogP contribution in [0.1, 0.15) is 17.1 Å². The number of aromatic nitrogens is 2. The van der Waals surface area contributed by atoms with Crippen LogP contribution < -0.4 is 10.3 Å². The number of H-pyrrole nitrogens is 1. The minimum Gasteiger partial charge on any atom is -0.497 e. The van der Waals surface area contributed by atoms with Crippen molar-refractivity contribution in [1.82, 2.24) is 9.97 Å². The van der Waals surface area contributed by atoms with Crippen LogP contribution in [0.15, 0.2) is 35.1 Å². The van der Waals surface area contributed by atoms with E-state index in [9.17, 15) is 4.79 Å². The number of methoxy groups -OCH3 is 1. The fourth-order valence-corrected chi connectivity index (χ4v) is 1.57. The van der Waals surface area contributed by atoms with Gasteiger partial charge in [0.15, 0.2) is 0 Å². The highest BCUT2D eigenvalue weighted by molar-refractivity contribution is 5.66. The molecular weight excluding hydrogens is 228 g/mol. The number of hydrogen-bond donors (Lipinski definition) is 1. The summed E-state index contributed by atoms with van der Waals surface area (Å²) in [5, 5.41) is 0. The smallest absolute Gasteiger partial charge is 0.251 e. The summed E-state index contributed by atoms with van der Waals surface area (Å²) in [5.74, 6) is 1.37. The molecular formula is C14H14N2O2. The van der Waals surface area contributed by atoms with E-state index in [2.05, 4.69) is 9.97 Å². The standard InChI is InChI=1S/C14H14N2O2/c1-10-9-14(17)16-13(15-10)8-5-11-3-6-12(18-2)7-4-11/h3-9H,1-2H3,(H,15,16,17). The van der Waals surface area contributed by atoms with E-state index in [4.69, 9.17) is 4.74 Å². The number of nitrogens with one attached hydrogen (secondary N) is 1. The first kappa shape index (κ1) is 12.1. The van der Waals surface area contributed by atoms with E-state index >= 15 is 0 Å². The van der Waals surface area contributed by atoms with Gasteiger partial charge in [0, 0.05) is 11.8 Å². The molecule has 0 saturated heterocycles. The van der Waals surface area contributed by atoms with Gasteiger partial charge in [0.2, 0.25) is 0 Å². The molecule has 2 rings (SSSR count). The first-order valence-corrected chi connectivity index (χ1v) is 5.57. The summed E-state index contributed by atoms with van der Waals surface area (Å²) in [4.78, 5) is 18.1. The van der Waals surface area contributed by atoms with Crippen LogP contribution in [0.25, 0.3) is 12.2 Å². The maximum atomic E-state index is 11.3. The number of ether oxygens (including phenoxy) is 1. The van der Waals surface area contributed by atoms with E-state index < -0.39 is 0 Å². The molecule has 0 radical (unpaired) electrons. The van der Waals surface area contributed by atoms with Gasteiger partial charge < -0.3 is 9.72 Å². The lowest BCUT2D eigenvalue weighted by molar-refractivity contribution is 0.415. The van der Waals surface area contributed by atoms with Crippen molar-refractivity contribution >= 4 is 12.2 Å². The van der Waals surface area contributed by atoms with E-state index in [1.165, 1.54) is 6.07 Å². The Morgan fingerprint density at radius 3 is 2.56 bits per heavy atom. The molecule has 0 unspecified atom stereocenters. The highest BCUT2D eigenvalue weighted by Gasteiger charge is 1.94. The van der Waals surface area contributed by atoms with Gasteiger partial charge in [-0.05, 0) is 30.7 Å². The third-order valence-electron chi connectivity index (χ3n) is 2.44. The summed E-state index contributed by atoms with van der Waals surface area (Å²) in [6.45, 7) is 1.79. The molecule has 0 bridgehead atoms. The second-order valence-electron chi connectivity index (χ2n) is 3.88. The summed E-state index contributed by atoms with van der Waals surface area (Å²) in [5.41, 5.74) is 1.57. The average Bonchev–Trinajstić information content (AvgIpc) is 2.36. The van der Waals surface area contributed by atoms with Gasteiger partial charge in [-0.15, -0.1) is 0 Å². The molecule has 0 amide bonds. The van der Waals surface area contributed by atoms with Crippen LogP contribution in [0.5, 0.6) is 5.75 Å². The Morgan fingerprint density at radius 1 is 1.22 bits per heavy atom. The average molecular weight is 242 g/mol. The van der Waals surface area contributed by atoms with Gasteiger partial charge in [0.1, 0.15) is 11.6 Å². The Labute approximate surface area is 105 Å². The topological polar surface area (TPSA) is 55.0 Å². The van der Waals surface area contributed by atoms with E-state index in [-0.39, 0.29) is 5.56 Å². The molecule has 0 aliphatic carbocycles. The molecule has 92 valence electrons. The molecule has 18 heavy (non-hydrogen) atoms. The SMILES string of the molecule is COc1ccc(C=Cc2nc(C)cc(=O)[nH]2)cc1. The third kappa shape index (κ3) is 3.07. The van der Waals surface area contributed by atoms with Crippen LogP contribution in [-0.4, -0.2) is 17.1 Å². The first-order valence-electron chi connectivity index (χ1n) is 5.57. The Kier molecular flexibility index (Phi) is 3.57. The Bertz CT molecular complexity index is 612. The van der Waals surface area contributed by atoms with Crippen molar-refractivity contribution in [3.8, 4) is 5.75 Å². The predicted molar refractivity (Wildman–Crippen MR) is 71.5 cm³/mol. The molecule has 0 fully saturated rings. The number of aromatic amines is 1. The molecule has 0 saturated carbocycles. The molecule has 4 heteroatoms. The largest absolute Gasteiger partial charge is 0.497 e. The van der Waals surface area contributed by atoms with E-state index in [1.54, 1.807) is 20.1 Å². The summed E-state index contributed by atoms with van der Waals surface area (Å²) in [7, 11) is 1.63. The maximum absolute atomic E-state index is 11.3. The third-order valence-corrected chi connectivity index (χ3v) is 2.44. The Balaban J connectivity index is 2.21. The van der Waals surface area contributed by atoms with E-state index in [0.717, 1.165) is 11.3 Å². The normalized spacial score (nSPS) is 10.8. The van der Waals surface area contributed by atoms with E-state index in [0.29, 0.717) is 11.5 Å². The zero-order valence-corrected chi connectivity index (χ0v) is 10.3. The first-order chi connectivity index (χ1) is 8.67. The minimum absolute atomic E-state index is 0.142. The van der Waals surface area contributed by atoms with Crippen molar-refractivity contribution < 1.29 is 4.74 Å². The monoisotopic (exact) mass is 242 g/mol. The van der Waals surface area contributed by atoms with Crippen LogP contribution >= 0.6 is 0 Å². The van der Waals surface area contributed by atoms with Crippen molar-refractivity contribution in [3.63, 3.8) is 0 Å². The summed E-state index contributed by atoms with van der Waals surface area (Å²) in [6.07, 6.45) is 3.66. The number of nitrogens with zero attached hydrogens (tertiary/aromatic N) is 1. The van der Waals surface area contributed by atoms with Crippen molar-refractivity contribution in [2.75, 3.05) is 7.11 Å². The summed E-state index contributed by atoms with van der Waals surface area (Å²) in [6, 6.07) is 9.09. The number of benzene rings is 1. The lowest BCUT2D eigenvalue weighted by Gasteiger charge is -1.99. The van der Waals surface area contributed by atoms with Gasteiger partial charge in [-0.1, -0.05) is 18.2 Å². The lowest BCUT2D eigenvalue weighted by atomic mass is 10.2. The van der Waals surface area contributed by atoms with Crippen LogP contribution in [0, 0.1) is 6.92 Å². The minimum atomic E-state index is -0.142. The Morgan fingerprint density at radius 2 is 1.94 bits per heavy atom. The van der Waals surface area contributed by atoms with Crippen LogP contribution in [0.2, 0.25) is 0 Å². The van der Waals surface area contributed by atoms with Crippen LogP contribution in [-0.2, 0) is 0 Å². The zero-order chi connectivity index (χ0) is 13.0. The molecule has 0 atom stereocenters. The highest BCUT2D eigenvalue weighted by Crippen LogP contribution is 2.12. The van der Waals surface area contributed by atoms with Gasteiger partial charge >= 0.3 is 0 Å². The quantitative estimate of drug-likeness (QED) is 0.898. The summed E-state index contributed by atoms with van der Waals surface area (Å²) < 4.78 is 5.08. The highest BCUT2D eigenvalue weighted by atomic mass is 16.5. The predicted octanol–water partition coefficient (Wildman–Crippen LogP) is 2.26. The molecule has 1 heterocycles. The van der Waals surface area contributed by atoms with Gasteiger partial charge in [0.05, 0.1) is 7.11 Å². The lowest BCUT2D eigenvalue weighted by Crippen LogP contribution is -2.08. The molecule has 2 aromatic rings. The molecule has 4 nitrogen and oxygen atoms in total. The molecule has 0 aliphatic heterocycles. The molecule has 1 aromatic carbocycles. The Hall–Kier alpha value is -2.36. The molecule has 1 aromatic heterocycles. The second kappa shape index (κ2) is 5.31. The van der Waals surface area contributed by atoms with E-state index in [1.807, 2.05) is 30.3 Å². The van der Waals surface area contributed by atoms with Crippen molar-refractivity contribution in [1.29, 1.82) is 0 Å². The van der Waals surface area contributed by atoms with Crippen molar-refractivity contribution in [2.45, 2.75) is 6.92 Å². The molecule has 0 spiro atoms. The second-order valence-corrected chi connectivity index (χ2v) is 3.88. The zero-order valence-electron chi connectivity index (χ0n) is 10.3. The van der Waals surface area contributed by atoms with Crippen molar-refractivity contribution in [3.05, 3.63) is 57.8 Å². The van der Waals surface area contributed by atoms with Gasteiger partial charge in [-0.2, -0.15) is 0 Å². The molecule has 0 aliphatic rings. The number of hydrogen-bond acceptors (Lipinski definition) is 3. The number of aryl methyl sites for hydroxylation is 1. The fraction of sp³-hybridized carbons (Fsp3) is 0.143.